The van der Waals surface area contributed by atoms with E-state index in [2.05, 4.69) is 77.9 Å². The first-order chi connectivity index (χ1) is 11.1. The molecule has 24 heavy (non-hydrogen) atoms. The first-order valence-corrected chi connectivity index (χ1v) is 8.96. The topological polar surface area (TPSA) is 20.2 Å². The Morgan fingerprint density at radius 2 is 1.54 bits per heavy atom. The molecule has 2 aromatic rings. The normalized spacial score (nSPS) is 13.8. The molecule has 0 aromatic heterocycles. The Morgan fingerprint density at radius 3 is 2.12 bits per heavy atom. The van der Waals surface area contributed by atoms with Crippen molar-refractivity contribution in [1.29, 1.82) is 0 Å². The molecule has 0 aliphatic carbocycles. The molecular formula is C23H32O. The number of phenols is 1. The minimum atomic E-state index is 0.0904. The third-order valence-corrected chi connectivity index (χ3v) is 4.70. The first kappa shape index (κ1) is 18.6. The second-order valence-electron chi connectivity index (χ2n) is 8.99. The van der Waals surface area contributed by atoms with Crippen molar-refractivity contribution in [2.75, 3.05) is 0 Å². The number of hydrogen-bond acceptors (Lipinski definition) is 1. The highest BCUT2D eigenvalue weighted by molar-refractivity contribution is 5.41. The highest BCUT2D eigenvalue weighted by Gasteiger charge is 2.28. The number of phenolic OH excluding ortho intramolecular Hbond substituents is 1. The minimum Gasteiger partial charge on any atom is -0.508 e. The van der Waals surface area contributed by atoms with Crippen molar-refractivity contribution in [2.45, 2.75) is 65.7 Å². The molecule has 1 unspecified atom stereocenters. The minimum absolute atomic E-state index is 0.0904. The van der Waals surface area contributed by atoms with Crippen molar-refractivity contribution in [1.82, 2.24) is 0 Å². The largest absolute Gasteiger partial charge is 0.508 e. The average molecular weight is 325 g/mol. The Balaban J connectivity index is 2.28. The molecule has 1 heteroatoms. The quantitative estimate of drug-likeness (QED) is 0.670. The van der Waals surface area contributed by atoms with Gasteiger partial charge in [0, 0.05) is 0 Å². The molecule has 0 aliphatic heterocycles. The molecule has 2 aromatic carbocycles. The summed E-state index contributed by atoms with van der Waals surface area (Å²) >= 11 is 0. The van der Waals surface area contributed by atoms with E-state index >= 15 is 0 Å². The fourth-order valence-electron chi connectivity index (χ4n) is 3.88. The number of rotatable bonds is 5. The van der Waals surface area contributed by atoms with Crippen LogP contribution in [0.25, 0.3) is 0 Å². The second kappa shape index (κ2) is 7.01. The maximum Gasteiger partial charge on any atom is 0.119 e. The summed E-state index contributed by atoms with van der Waals surface area (Å²) in [6, 6.07) is 16.7. The molecule has 1 N–H and O–H groups in total. The van der Waals surface area contributed by atoms with Gasteiger partial charge in [0.1, 0.15) is 5.75 Å². The standard InChI is InChI=1S/C23H32O/c1-17(14-18-10-8-7-9-11-18)20-15-19(12-13-21(20)24)23(5,6)16-22(2,3)4/h7-13,15,17,24H,14,16H2,1-6H3. The van der Waals surface area contributed by atoms with Crippen molar-refractivity contribution < 1.29 is 5.11 Å². The molecule has 0 saturated heterocycles. The van der Waals surface area contributed by atoms with Crippen LogP contribution in [0.15, 0.2) is 48.5 Å². The van der Waals surface area contributed by atoms with Crippen molar-refractivity contribution in [3.05, 3.63) is 65.2 Å². The third-order valence-electron chi connectivity index (χ3n) is 4.70. The van der Waals surface area contributed by atoms with E-state index in [-0.39, 0.29) is 16.7 Å². The maximum absolute atomic E-state index is 10.4. The maximum atomic E-state index is 10.4. The fraction of sp³-hybridized carbons (Fsp3) is 0.478. The van der Waals surface area contributed by atoms with Crippen LogP contribution in [0.5, 0.6) is 5.75 Å². The van der Waals surface area contributed by atoms with E-state index in [0.29, 0.717) is 5.75 Å². The Labute approximate surface area is 147 Å². The highest BCUT2D eigenvalue weighted by atomic mass is 16.3. The third kappa shape index (κ3) is 4.87. The Bertz CT molecular complexity index is 662. The average Bonchev–Trinajstić information content (AvgIpc) is 2.46. The van der Waals surface area contributed by atoms with E-state index in [1.54, 1.807) is 0 Å². The lowest BCUT2D eigenvalue weighted by atomic mass is 9.71. The van der Waals surface area contributed by atoms with Gasteiger partial charge in [-0.25, -0.2) is 0 Å². The predicted molar refractivity (Wildman–Crippen MR) is 104 cm³/mol. The fourth-order valence-corrected chi connectivity index (χ4v) is 3.88. The summed E-state index contributed by atoms with van der Waals surface area (Å²) in [7, 11) is 0. The Kier molecular flexibility index (Phi) is 5.42. The van der Waals surface area contributed by atoms with Crippen LogP contribution in [-0.4, -0.2) is 5.11 Å². The monoisotopic (exact) mass is 324 g/mol. The number of hydrogen-bond donors (Lipinski definition) is 1. The van der Waals surface area contributed by atoms with Crippen LogP contribution in [0.1, 0.15) is 70.6 Å². The van der Waals surface area contributed by atoms with Gasteiger partial charge < -0.3 is 5.11 Å². The lowest BCUT2D eigenvalue weighted by Gasteiger charge is -2.33. The summed E-state index contributed by atoms with van der Waals surface area (Å²) in [6.07, 6.45) is 2.05. The summed E-state index contributed by atoms with van der Waals surface area (Å²) in [5.41, 5.74) is 4.04. The molecule has 0 radical (unpaired) electrons. The highest BCUT2D eigenvalue weighted by Crippen LogP contribution is 2.39. The van der Waals surface area contributed by atoms with Gasteiger partial charge in [-0.05, 0) is 52.3 Å². The van der Waals surface area contributed by atoms with E-state index < -0.39 is 0 Å². The summed E-state index contributed by atoms with van der Waals surface area (Å²) < 4.78 is 0. The molecule has 1 nitrogen and oxygen atoms in total. The summed E-state index contributed by atoms with van der Waals surface area (Å²) in [5, 5.41) is 10.4. The lowest BCUT2D eigenvalue weighted by Crippen LogP contribution is -2.25. The van der Waals surface area contributed by atoms with E-state index in [1.165, 1.54) is 11.1 Å². The van der Waals surface area contributed by atoms with E-state index in [4.69, 9.17) is 0 Å². The van der Waals surface area contributed by atoms with Crippen molar-refractivity contribution >= 4 is 0 Å². The van der Waals surface area contributed by atoms with Gasteiger partial charge in [-0.2, -0.15) is 0 Å². The zero-order valence-electron chi connectivity index (χ0n) is 16.1. The number of aromatic hydroxyl groups is 1. The SMILES string of the molecule is CC(Cc1ccccc1)c1cc(C(C)(C)CC(C)(C)C)ccc1O. The summed E-state index contributed by atoms with van der Waals surface area (Å²) in [4.78, 5) is 0. The van der Waals surface area contributed by atoms with Gasteiger partial charge >= 0.3 is 0 Å². The van der Waals surface area contributed by atoms with Gasteiger partial charge in [0.25, 0.3) is 0 Å². The molecule has 0 aliphatic rings. The molecule has 0 spiro atoms. The number of benzene rings is 2. The van der Waals surface area contributed by atoms with Crippen LogP contribution < -0.4 is 0 Å². The van der Waals surface area contributed by atoms with E-state index in [1.807, 2.05) is 12.1 Å². The van der Waals surface area contributed by atoms with E-state index in [9.17, 15) is 5.11 Å². The van der Waals surface area contributed by atoms with Crippen LogP contribution in [0.4, 0.5) is 0 Å². The van der Waals surface area contributed by atoms with Crippen LogP contribution in [-0.2, 0) is 11.8 Å². The van der Waals surface area contributed by atoms with Gasteiger partial charge in [-0.15, -0.1) is 0 Å². The van der Waals surface area contributed by atoms with Gasteiger partial charge in [0.05, 0.1) is 0 Å². The van der Waals surface area contributed by atoms with Crippen molar-refractivity contribution in [3.63, 3.8) is 0 Å². The van der Waals surface area contributed by atoms with Crippen LogP contribution in [0.2, 0.25) is 0 Å². The molecule has 0 fully saturated rings. The summed E-state index contributed by atoms with van der Waals surface area (Å²) in [6.45, 7) is 13.7. The zero-order chi connectivity index (χ0) is 18.0. The second-order valence-corrected chi connectivity index (χ2v) is 8.99. The van der Waals surface area contributed by atoms with E-state index in [0.717, 1.165) is 18.4 Å². The molecule has 0 heterocycles. The van der Waals surface area contributed by atoms with Gasteiger partial charge in [-0.1, -0.05) is 84.0 Å². The zero-order valence-corrected chi connectivity index (χ0v) is 16.1. The Morgan fingerprint density at radius 1 is 0.917 bits per heavy atom. The molecule has 2 rings (SSSR count). The van der Waals surface area contributed by atoms with Crippen LogP contribution >= 0.6 is 0 Å². The smallest absolute Gasteiger partial charge is 0.119 e. The Hall–Kier alpha value is -1.76. The van der Waals surface area contributed by atoms with Crippen LogP contribution in [0, 0.1) is 5.41 Å². The predicted octanol–water partition coefficient (Wildman–Crippen LogP) is 6.45. The van der Waals surface area contributed by atoms with Crippen molar-refractivity contribution in [3.8, 4) is 5.75 Å². The van der Waals surface area contributed by atoms with Gasteiger partial charge in [0.15, 0.2) is 0 Å². The first-order valence-electron chi connectivity index (χ1n) is 8.96. The van der Waals surface area contributed by atoms with Crippen molar-refractivity contribution in [2.24, 2.45) is 5.41 Å². The molecule has 1 atom stereocenters. The van der Waals surface area contributed by atoms with Gasteiger partial charge in [-0.3, -0.25) is 0 Å². The molecule has 0 saturated carbocycles. The summed E-state index contributed by atoms with van der Waals surface area (Å²) in [5.74, 6) is 0.700. The molecule has 130 valence electrons. The lowest BCUT2D eigenvalue weighted by molar-refractivity contribution is 0.284. The van der Waals surface area contributed by atoms with Gasteiger partial charge in [0.2, 0.25) is 0 Å². The molecular weight excluding hydrogens is 292 g/mol. The molecule has 0 bridgehead atoms. The molecule has 0 amide bonds. The van der Waals surface area contributed by atoms with Crippen LogP contribution in [0.3, 0.4) is 0 Å².